The van der Waals surface area contributed by atoms with E-state index in [4.69, 9.17) is 0 Å². The summed E-state index contributed by atoms with van der Waals surface area (Å²) in [6.45, 7) is 6.54. The number of aliphatic hydroxyl groups is 1. The largest absolute Gasteiger partial charge is 0.390 e. The molecule has 0 aliphatic heterocycles. The molecule has 1 fully saturated rings. The van der Waals surface area contributed by atoms with Crippen molar-refractivity contribution in [2.75, 3.05) is 0 Å². The molecule has 1 aliphatic carbocycles. The molecule has 0 radical (unpaired) electrons. The van der Waals surface area contributed by atoms with Crippen molar-refractivity contribution in [3.8, 4) is 0 Å². The fraction of sp³-hybridized carbons (Fsp3) is 0.875. The second-order valence-corrected chi connectivity index (χ2v) is 6.48. The van der Waals surface area contributed by atoms with Crippen LogP contribution < -0.4 is 0 Å². The van der Waals surface area contributed by atoms with Crippen molar-refractivity contribution in [1.82, 2.24) is 15.0 Å². The lowest BCUT2D eigenvalue weighted by Gasteiger charge is -2.29. The summed E-state index contributed by atoms with van der Waals surface area (Å²) in [5, 5.41) is 17.9. The molecular weight excluding hydrogens is 250 g/mol. The number of hydrogen-bond acceptors (Lipinski definition) is 3. The lowest BCUT2D eigenvalue weighted by atomic mass is 9.78. The smallest absolute Gasteiger partial charge is 0.112 e. The standard InChI is InChI=1S/C16H29N3O/c1-4-5-6-13-7-9-14(10-8-13)16-15(11-20)17-18-19(16)12(2)3/h12-14,20H,4-11H2,1-3H3. The van der Waals surface area contributed by atoms with Crippen LogP contribution in [0.1, 0.15) is 89.1 Å². The van der Waals surface area contributed by atoms with Crippen molar-refractivity contribution >= 4 is 0 Å². The van der Waals surface area contributed by atoms with Gasteiger partial charge in [0.15, 0.2) is 0 Å². The van der Waals surface area contributed by atoms with E-state index in [1.807, 2.05) is 4.68 Å². The number of aromatic nitrogens is 3. The first-order valence-electron chi connectivity index (χ1n) is 8.22. The number of hydrogen-bond donors (Lipinski definition) is 1. The third kappa shape index (κ3) is 3.40. The highest BCUT2D eigenvalue weighted by molar-refractivity contribution is 5.16. The van der Waals surface area contributed by atoms with Crippen LogP contribution in [-0.2, 0) is 6.61 Å². The SMILES string of the molecule is CCCCC1CCC(c2c(CO)nnn2C(C)C)CC1. The van der Waals surface area contributed by atoms with E-state index in [9.17, 15) is 5.11 Å². The monoisotopic (exact) mass is 279 g/mol. The van der Waals surface area contributed by atoms with Gasteiger partial charge in [0, 0.05) is 12.0 Å². The normalized spacial score (nSPS) is 23.4. The van der Waals surface area contributed by atoms with E-state index in [1.165, 1.54) is 50.6 Å². The fourth-order valence-electron chi connectivity index (χ4n) is 3.47. The molecule has 1 saturated carbocycles. The number of nitrogens with zero attached hydrogens (tertiary/aromatic N) is 3. The fourth-order valence-corrected chi connectivity index (χ4v) is 3.47. The quantitative estimate of drug-likeness (QED) is 0.861. The van der Waals surface area contributed by atoms with Gasteiger partial charge in [-0.1, -0.05) is 31.4 Å². The first-order chi connectivity index (χ1) is 9.67. The molecule has 0 spiro atoms. The Kier molecular flexibility index (Phi) is 5.58. The van der Waals surface area contributed by atoms with Crippen molar-refractivity contribution in [3.63, 3.8) is 0 Å². The molecule has 1 aliphatic rings. The molecule has 0 bridgehead atoms. The Morgan fingerprint density at radius 1 is 1.25 bits per heavy atom. The highest BCUT2D eigenvalue weighted by atomic mass is 16.3. The van der Waals surface area contributed by atoms with E-state index in [-0.39, 0.29) is 6.61 Å². The Morgan fingerprint density at radius 2 is 1.95 bits per heavy atom. The minimum absolute atomic E-state index is 0.0117. The highest BCUT2D eigenvalue weighted by Crippen LogP contribution is 2.39. The second-order valence-electron chi connectivity index (χ2n) is 6.48. The van der Waals surface area contributed by atoms with Gasteiger partial charge in [-0.2, -0.15) is 0 Å². The van der Waals surface area contributed by atoms with Gasteiger partial charge in [-0.3, -0.25) is 0 Å². The van der Waals surface area contributed by atoms with E-state index in [0.29, 0.717) is 12.0 Å². The Balaban J connectivity index is 2.04. The summed E-state index contributed by atoms with van der Waals surface area (Å²) in [6.07, 6.45) is 9.14. The Morgan fingerprint density at radius 3 is 2.50 bits per heavy atom. The van der Waals surface area contributed by atoms with Crippen molar-refractivity contribution in [2.45, 2.75) is 84.3 Å². The van der Waals surface area contributed by atoms with Gasteiger partial charge in [-0.15, -0.1) is 5.10 Å². The number of aliphatic hydroxyl groups excluding tert-OH is 1. The van der Waals surface area contributed by atoms with Gasteiger partial charge in [0.25, 0.3) is 0 Å². The maximum atomic E-state index is 9.50. The number of rotatable bonds is 6. The van der Waals surface area contributed by atoms with Crippen LogP contribution in [0.5, 0.6) is 0 Å². The zero-order valence-electron chi connectivity index (χ0n) is 13.2. The average molecular weight is 279 g/mol. The molecule has 0 aromatic carbocycles. The van der Waals surface area contributed by atoms with Crippen molar-refractivity contribution < 1.29 is 5.11 Å². The predicted octanol–water partition coefficient (Wildman–Crippen LogP) is 3.82. The van der Waals surface area contributed by atoms with Crippen LogP contribution >= 0.6 is 0 Å². The molecular formula is C16H29N3O. The molecule has 20 heavy (non-hydrogen) atoms. The average Bonchev–Trinajstić information content (AvgIpc) is 2.89. The minimum atomic E-state index is 0.0117. The molecule has 4 nitrogen and oxygen atoms in total. The summed E-state index contributed by atoms with van der Waals surface area (Å²) in [7, 11) is 0. The molecule has 4 heteroatoms. The van der Waals surface area contributed by atoms with Gasteiger partial charge < -0.3 is 5.11 Å². The summed E-state index contributed by atoms with van der Waals surface area (Å²) in [4.78, 5) is 0. The molecule has 114 valence electrons. The van der Waals surface area contributed by atoms with Crippen LogP contribution in [0.3, 0.4) is 0 Å². The Bertz CT molecular complexity index is 406. The molecule has 1 aromatic rings. The molecule has 1 N–H and O–H groups in total. The van der Waals surface area contributed by atoms with Gasteiger partial charge in [-0.05, 0) is 45.4 Å². The van der Waals surface area contributed by atoms with Crippen molar-refractivity contribution in [1.29, 1.82) is 0 Å². The maximum absolute atomic E-state index is 9.50. The minimum Gasteiger partial charge on any atom is -0.390 e. The van der Waals surface area contributed by atoms with Crippen LogP contribution in [0.15, 0.2) is 0 Å². The Hall–Kier alpha value is -0.900. The summed E-state index contributed by atoms with van der Waals surface area (Å²) in [5.41, 5.74) is 1.98. The summed E-state index contributed by atoms with van der Waals surface area (Å²) in [6, 6.07) is 0.315. The molecule has 1 heterocycles. The topological polar surface area (TPSA) is 50.9 Å². The lowest BCUT2D eigenvalue weighted by Crippen LogP contribution is -2.19. The van der Waals surface area contributed by atoms with Crippen LogP contribution in [0, 0.1) is 5.92 Å². The second kappa shape index (κ2) is 7.21. The van der Waals surface area contributed by atoms with Crippen LogP contribution in [0.2, 0.25) is 0 Å². The molecule has 0 atom stereocenters. The van der Waals surface area contributed by atoms with Gasteiger partial charge >= 0.3 is 0 Å². The molecule has 0 unspecified atom stereocenters. The van der Waals surface area contributed by atoms with Crippen molar-refractivity contribution in [2.24, 2.45) is 5.92 Å². The van der Waals surface area contributed by atoms with Crippen LogP contribution in [0.25, 0.3) is 0 Å². The predicted molar refractivity (Wildman–Crippen MR) is 80.6 cm³/mol. The molecule has 0 saturated heterocycles. The number of unbranched alkanes of at least 4 members (excludes halogenated alkanes) is 1. The van der Waals surface area contributed by atoms with Gasteiger partial charge in [0.1, 0.15) is 5.69 Å². The molecule has 1 aromatic heterocycles. The van der Waals surface area contributed by atoms with Gasteiger partial charge in [-0.25, -0.2) is 4.68 Å². The van der Waals surface area contributed by atoms with Crippen molar-refractivity contribution in [3.05, 3.63) is 11.4 Å². The summed E-state index contributed by atoms with van der Waals surface area (Å²) >= 11 is 0. The molecule has 0 amide bonds. The lowest BCUT2D eigenvalue weighted by molar-refractivity contribution is 0.266. The van der Waals surface area contributed by atoms with E-state index < -0.39 is 0 Å². The van der Waals surface area contributed by atoms with Crippen LogP contribution in [-0.4, -0.2) is 20.1 Å². The first kappa shape index (κ1) is 15.5. The Labute approximate surface area is 122 Å². The van der Waals surface area contributed by atoms with Crippen LogP contribution in [0.4, 0.5) is 0 Å². The summed E-state index contributed by atoms with van der Waals surface area (Å²) < 4.78 is 2.02. The highest BCUT2D eigenvalue weighted by Gasteiger charge is 2.28. The third-order valence-corrected chi connectivity index (χ3v) is 4.64. The van der Waals surface area contributed by atoms with E-state index in [0.717, 1.165) is 11.6 Å². The summed E-state index contributed by atoms with van der Waals surface area (Å²) in [5.74, 6) is 1.44. The van der Waals surface area contributed by atoms with E-state index >= 15 is 0 Å². The zero-order chi connectivity index (χ0) is 14.5. The maximum Gasteiger partial charge on any atom is 0.112 e. The first-order valence-corrected chi connectivity index (χ1v) is 8.22. The van der Waals surface area contributed by atoms with Gasteiger partial charge in [0.05, 0.1) is 12.3 Å². The van der Waals surface area contributed by atoms with Gasteiger partial charge in [0.2, 0.25) is 0 Å². The third-order valence-electron chi connectivity index (χ3n) is 4.64. The van der Waals surface area contributed by atoms with E-state index in [1.54, 1.807) is 0 Å². The van der Waals surface area contributed by atoms with E-state index in [2.05, 4.69) is 31.1 Å². The molecule has 2 rings (SSSR count). The zero-order valence-corrected chi connectivity index (χ0v) is 13.2.